The minimum Gasteiger partial charge on any atom is -0.352 e. The molecule has 0 spiro atoms. The molecule has 0 heterocycles. The Balaban J connectivity index is 4.30. The van der Waals surface area contributed by atoms with Crippen LogP contribution in [0.2, 0.25) is 0 Å². The summed E-state index contributed by atoms with van der Waals surface area (Å²) in [4.78, 5) is 23.3. The third-order valence-corrected chi connectivity index (χ3v) is 2.36. The van der Waals surface area contributed by atoms with Gasteiger partial charge in [0.05, 0.1) is 5.54 Å². The molecule has 0 aliphatic carbocycles. The smallest absolute Gasteiger partial charge is 0.242 e. The first-order chi connectivity index (χ1) is 7.20. The van der Waals surface area contributed by atoms with Gasteiger partial charge in [-0.2, -0.15) is 0 Å². The Morgan fingerprint density at radius 3 is 1.94 bits per heavy atom. The van der Waals surface area contributed by atoms with Crippen LogP contribution in [0.5, 0.6) is 0 Å². The van der Waals surface area contributed by atoms with Gasteiger partial charge >= 0.3 is 0 Å². The fourth-order valence-corrected chi connectivity index (χ4v) is 0.966. The van der Waals surface area contributed by atoms with Gasteiger partial charge in [0.25, 0.3) is 0 Å². The van der Waals surface area contributed by atoms with Crippen LogP contribution in [0.4, 0.5) is 0 Å². The topological polar surface area (TPSA) is 70.2 Å². The lowest BCUT2D eigenvalue weighted by molar-refractivity contribution is -0.131. The van der Waals surface area contributed by atoms with E-state index in [0.29, 0.717) is 0 Å². The number of likely N-dealkylation sites (N-methyl/N-ethyl adjacent to an activating group) is 1. The molecule has 0 radical (unpaired) electrons. The van der Waals surface area contributed by atoms with Crippen molar-refractivity contribution in [3.05, 3.63) is 0 Å². The summed E-state index contributed by atoms with van der Waals surface area (Å²) in [5.41, 5.74) is -0.674. The highest BCUT2D eigenvalue weighted by molar-refractivity contribution is 5.91. The molecule has 0 aliphatic heterocycles. The van der Waals surface area contributed by atoms with Gasteiger partial charge in [0.15, 0.2) is 0 Å². The van der Waals surface area contributed by atoms with E-state index in [9.17, 15) is 9.59 Å². The van der Waals surface area contributed by atoms with E-state index in [0.717, 1.165) is 0 Å². The van der Waals surface area contributed by atoms with E-state index in [1.165, 1.54) is 0 Å². The third kappa shape index (κ3) is 4.61. The van der Waals surface area contributed by atoms with Crippen molar-refractivity contribution in [2.45, 2.75) is 52.2 Å². The van der Waals surface area contributed by atoms with Crippen molar-refractivity contribution >= 4 is 11.8 Å². The van der Waals surface area contributed by atoms with Gasteiger partial charge < -0.3 is 16.0 Å². The van der Waals surface area contributed by atoms with E-state index in [4.69, 9.17) is 0 Å². The maximum atomic E-state index is 11.7. The van der Waals surface area contributed by atoms with E-state index >= 15 is 0 Å². The highest BCUT2D eigenvalue weighted by Crippen LogP contribution is 2.01. The summed E-state index contributed by atoms with van der Waals surface area (Å²) >= 11 is 0. The monoisotopic (exact) mass is 229 g/mol. The van der Waals surface area contributed by atoms with Gasteiger partial charge in [-0.15, -0.1) is 0 Å². The molecule has 3 N–H and O–H groups in total. The Kier molecular flexibility index (Phi) is 5.44. The summed E-state index contributed by atoms with van der Waals surface area (Å²) in [6.45, 7) is 8.94. The number of hydrogen-bond donors (Lipinski definition) is 3. The zero-order valence-electron chi connectivity index (χ0n) is 11.0. The maximum Gasteiger partial charge on any atom is 0.242 e. The standard InChI is InChI=1S/C11H23N3O2/c1-7(2)13-9(15)8(3)14-10(16)11(4,5)12-6/h7-8,12H,1-6H3,(H,13,15)(H,14,16). The predicted molar refractivity (Wildman–Crippen MR) is 64.0 cm³/mol. The van der Waals surface area contributed by atoms with Gasteiger partial charge in [-0.3, -0.25) is 9.59 Å². The summed E-state index contributed by atoms with van der Waals surface area (Å²) < 4.78 is 0. The van der Waals surface area contributed by atoms with Crippen LogP contribution >= 0.6 is 0 Å². The average Bonchev–Trinajstić information content (AvgIpc) is 2.16. The number of hydrogen-bond acceptors (Lipinski definition) is 3. The Bertz CT molecular complexity index is 262. The largest absolute Gasteiger partial charge is 0.352 e. The predicted octanol–water partition coefficient (Wildman–Crippen LogP) is 0.0137. The van der Waals surface area contributed by atoms with Crippen LogP contribution in [-0.2, 0) is 9.59 Å². The van der Waals surface area contributed by atoms with Gasteiger partial charge in [0, 0.05) is 6.04 Å². The molecule has 0 fully saturated rings. The van der Waals surface area contributed by atoms with Gasteiger partial charge in [0.2, 0.25) is 11.8 Å². The summed E-state index contributed by atoms with van der Waals surface area (Å²) in [6.07, 6.45) is 0. The van der Waals surface area contributed by atoms with Crippen LogP contribution in [-0.4, -0.2) is 36.5 Å². The fraction of sp³-hybridized carbons (Fsp3) is 0.818. The summed E-state index contributed by atoms with van der Waals surface area (Å²) in [5.74, 6) is -0.364. The molecular formula is C11H23N3O2. The van der Waals surface area contributed by atoms with E-state index in [1.807, 2.05) is 13.8 Å². The Hall–Kier alpha value is -1.10. The Labute approximate surface area is 97.4 Å². The number of carbonyl (C=O) groups is 2. The van der Waals surface area contributed by atoms with E-state index in [2.05, 4.69) is 16.0 Å². The lowest BCUT2D eigenvalue weighted by Gasteiger charge is -2.25. The number of nitrogens with one attached hydrogen (secondary N) is 3. The van der Waals surface area contributed by atoms with Gasteiger partial charge in [-0.05, 0) is 41.7 Å². The van der Waals surface area contributed by atoms with Crippen molar-refractivity contribution in [1.82, 2.24) is 16.0 Å². The Morgan fingerprint density at radius 1 is 1.06 bits per heavy atom. The molecule has 0 aromatic carbocycles. The van der Waals surface area contributed by atoms with Crippen molar-refractivity contribution in [2.75, 3.05) is 7.05 Å². The average molecular weight is 229 g/mol. The molecule has 1 unspecified atom stereocenters. The molecule has 0 saturated heterocycles. The highest BCUT2D eigenvalue weighted by Gasteiger charge is 2.27. The molecule has 94 valence electrons. The molecule has 0 bridgehead atoms. The molecule has 2 amide bonds. The quantitative estimate of drug-likeness (QED) is 0.622. The van der Waals surface area contributed by atoms with Crippen molar-refractivity contribution in [1.29, 1.82) is 0 Å². The maximum absolute atomic E-state index is 11.7. The second-order valence-electron chi connectivity index (χ2n) is 4.73. The lowest BCUT2D eigenvalue weighted by atomic mass is 10.0. The van der Waals surface area contributed by atoms with Crippen molar-refractivity contribution in [2.24, 2.45) is 0 Å². The molecule has 0 aromatic rings. The first kappa shape index (κ1) is 14.9. The van der Waals surface area contributed by atoms with Gasteiger partial charge in [0.1, 0.15) is 6.04 Å². The van der Waals surface area contributed by atoms with Crippen molar-refractivity contribution in [3.63, 3.8) is 0 Å². The number of rotatable bonds is 5. The van der Waals surface area contributed by atoms with E-state index in [1.54, 1.807) is 27.8 Å². The summed E-state index contributed by atoms with van der Waals surface area (Å²) in [5, 5.41) is 8.29. The molecule has 5 nitrogen and oxygen atoms in total. The summed E-state index contributed by atoms with van der Waals surface area (Å²) in [7, 11) is 1.71. The third-order valence-electron chi connectivity index (χ3n) is 2.36. The van der Waals surface area contributed by atoms with Crippen LogP contribution in [0.1, 0.15) is 34.6 Å². The van der Waals surface area contributed by atoms with Crippen LogP contribution in [0.25, 0.3) is 0 Å². The number of carbonyl (C=O) groups excluding carboxylic acids is 2. The van der Waals surface area contributed by atoms with Crippen LogP contribution in [0, 0.1) is 0 Å². The SMILES string of the molecule is CNC(C)(C)C(=O)NC(C)C(=O)NC(C)C. The second-order valence-corrected chi connectivity index (χ2v) is 4.73. The van der Waals surface area contributed by atoms with Gasteiger partial charge in [-0.1, -0.05) is 0 Å². The van der Waals surface area contributed by atoms with Crippen LogP contribution < -0.4 is 16.0 Å². The molecule has 0 saturated carbocycles. The van der Waals surface area contributed by atoms with Crippen LogP contribution in [0.3, 0.4) is 0 Å². The highest BCUT2D eigenvalue weighted by atomic mass is 16.2. The first-order valence-electron chi connectivity index (χ1n) is 5.51. The minimum atomic E-state index is -0.674. The van der Waals surface area contributed by atoms with Crippen LogP contribution in [0.15, 0.2) is 0 Å². The molecule has 0 aliphatic rings. The zero-order valence-corrected chi connectivity index (χ0v) is 11.0. The fourth-order valence-electron chi connectivity index (χ4n) is 0.966. The van der Waals surface area contributed by atoms with Gasteiger partial charge in [-0.25, -0.2) is 0 Å². The number of amides is 2. The molecule has 5 heteroatoms. The minimum absolute atomic E-state index is 0.0733. The molecular weight excluding hydrogens is 206 g/mol. The van der Waals surface area contributed by atoms with E-state index in [-0.39, 0.29) is 17.9 Å². The first-order valence-corrected chi connectivity index (χ1v) is 5.51. The molecule has 1 atom stereocenters. The van der Waals surface area contributed by atoms with E-state index < -0.39 is 11.6 Å². The second kappa shape index (κ2) is 5.84. The molecule has 0 aromatic heterocycles. The Morgan fingerprint density at radius 2 is 1.56 bits per heavy atom. The normalized spacial score (nSPS) is 13.4. The van der Waals surface area contributed by atoms with Crippen molar-refractivity contribution in [3.8, 4) is 0 Å². The molecule has 0 rings (SSSR count). The molecule has 16 heavy (non-hydrogen) atoms. The lowest BCUT2D eigenvalue weighted by Crippen LogP contribution is -2.56. The van der Waals surface area contributed by atoms with Crippen molar-refractivity contribution < 1.29 is 9.59 Å². The summed E-state index contributed by atoms with van der Waals surface area (Å²) in [6, 6.07) is -0.452. The zero-order chi connectivity index (χ0) is 12.9.